The van der Waals surface area contributed by atoms with Crippen LogP contribution in [0.1, 0.15) is 5.56 Å². The molecule has 150 valence electrons. The van der Waals surface area contributed by atoms with Crippen LogP contribution in [0.5, 0.6) is 17.2 Å². The third-order valence-corrected chi connectivity index (χ3v) is 5.44. The number of thioether (sulfide) groups is 1. The van der Waals surface area contributed by atoms with Crippen LogP contribution in [-0.2, 0) is 9.59 Å². The summed E-state index contributed by atoms with van der Waals surface area (Å²) in [5.41, 5.74) is 1.01. The number of para-hydroxylation sites is 2. The molecule has 2 amide bonds. The standard InChI is InChI=1S/C20H18N2O5S2/c1-26-15-8-7-12(9-16(15)27-2)10-17-19(25)22(20(28)29-17)11-18(24)21-13-5-3-4-6-14(13)23/h3-10,23H,11H2,1-2H3,(H,21,24)/b17-10-. The van der Waals surface area contributed by atoms with Crippen LogP contribution in [0.3, 0.4) is 0 Å². The average molecular weight is 431 g/mol. The van der Waals surface area contributed by atoms with E-state index in [1.807, 2.05) is 0 Å². The molecule has 0 spiro atoms. The Hall–Kier alpha value is -3.04. The van der Waals surface area contributed by atoms with Crippen molar-refractivity contribution in [3.63, 3.8) is 0 Å². The molecule has 0 bridgehead atoms. The molecule has 0 atom stereocenters. The number of hydrogen-bond donors (Lipinski definition) is 2. The van der Waals surface area contributed by atoms with Crippen molar-refractivity contribution >= 4 is 51.9 Å². The van der Waals surface area contributed by atoms with Crippen LogP contribution in [-0.4, -0.2) is 46.9 Å². The number of benzene rings is 2. The van der Waals surface area contributed by atoms with E-state index in [2.05, 4.69) is 5.32 Å². The molecule has 1 heterocycles. The van der Waals surface area contributed by atoms with E-state index >= 15 is 0 Å². The summed E-state index contributed by atoms with van der Waals surface area (Å²) < 4.78 is 10.8. The number of hydrogen-bond acceptors (Lipinski definition) is 7. The number of rotatable bonds is 6. The quantitative estimate of drug-likeness (QED) is 0.413. The zero-order valence-corrected chi connectivity index (χ0v) is 17.3. The summed E-state index contributed by atoms with van der Waals surface area (Å²) in [5, 5.41) is 12.3. The molecule has 0 saturated carbocycles. The third-order valence-electron chi connectivity index (χ3n) is 4.06. The largest absolute Gasteiger partial charge is 0.506 e. The molecular weight excluding hydrogens is 412 g/mol. The molecule has 7 nitrogen and oxygen atoms in total. The van der Waals surface area contributed by atoms with Crippen LogP contribution in [0.2, 0.25) is 0 Å². The number of nitrogens with zero attached hydrogens (tertiary/aromatic N) is 1. The molecule has 2 N–H and O–H groups in total. The van der Waals surface area contributed by atoms with Crippen LogP contribution < -0.4 is 14.8 Å². The molecule has 0 radical (unpaired) electrons. The Morgan fingerprint density at radius 3 is 2.62 bits per heavy atom. The zero-order chi connectivity index (χ0) is 21.0. The number of methoxy groups -OCH3 is 2. The molecule has 3 rings (SSSR count). The predicted molar refractivity (Wildman–Crippen MR) is 116 cm³/mol. The van der Waals surface area contributed by atoms with Gasteiger partial charge in [0, 0.05) is 0 Å². The van der Waals surface area contributed by atoms with Crippen molar-refractivity contribution in [3.05, 3.63) is 52.9 Å². The first kappa shape index (κ1) is 20.7. The number of carbonyl (C=O) groups excluding carboxylic acids is 2. The summed E-state index contributed by atoms with van der Waals surface area (Å²) in [5.74, 6) is 0.244. The molecule has 9 heteroatoms. The summed E-state index contributed by atoms with van der Waals surface area (Å²) in [6.45, 7) is -0.248. The normalized spacial score (nSPS) is 15.0. The number of carbonyl (C=O) groups is 2. The lowest BCUT2D eigenvalue weighted by Gasteiger charge is -2.14. The molecule has 1 aliphatic rings. The molecule has 1 aliphatic heterocycles. The smallest absolute Gasteiger partial charge is 0.266 e. The number of anilines is 1. The second-order valence-electron chi connectivity index (χ2n) is 5.95. The molecule has 1 saturated heterocycles. The van der Waals surface area contributed by atoms with Gasteiger partial charge in [-0.05, 0) is 35.9 Å². The van der Waals surface area contributed by atoms with E-state index in [1.54, 1.807) is 49.6 Å². The van der Waals surface area contributed by atoms with Crippen molar-refractivity contribution in [2.24, 2.45) is 0 Å². The van der Waals surface area contributed by atoms with Crippen molar-refractivity contribution in [1.82, 2.24) is 4.90 Å². The van der Waals surface area contributed by atoms with E-state index in [-0.39, 0.29) is 28.2 Å². The van der Waals surface area contributed by atoms with Crippen molar-refractivity contribution in [2.45, 2.75) is 0 Å². The number of ether oxygens (including phenoxy) is 2. The lowest BCUT2D eigenvalue weighted by molar-refractivity contribution is -0.126. The number of thiocarbonyl (C=S) groups is 1. The summed E-state index contributed by atoms with van der Waals surface area (Å²) in [6, 6.07) is 11.6. The average Bonchev–Trinajstić information content (AvgIpc) is 2.97. The maximum atomic E-state index is 12.7. The monoisotopic (exact) mass is 430 g/mol. The van der Waals surface area contributed by atoms with E-state index in [0.29, 0.717) is 16.4 Å². The summed E-state index contributed by atoms with van der Waals surface area (Å²) in [4.78, 5) is 26.6. The van der Waals surface area contributed by atoms with Gasteiger partial charge in [-0.2, -0.15) is 0 Å². The Balaban J connectivity index is 1.73. The second-order valence-corrected chi connectivity index (χ2v) is 7.62. The van der Waals surface area contributed by atoms with Gasteiger partial charge in [-0.3, -0.25) is 14.5 Å². The van der Waals surface area contributed by atoms with Gasteiger partial charge in [0.15, 0.2) is 11.5 Å². The minimum atomic E-state index is -0.463. The molecule has 2 aromatic rings. The van der Waals surface area contributed by atoms with Gasteiger partial charge in [-0.15, -0.1) is 0 Å². The van der Waals surface area contributed by atoms with Crippen LogP contribution in [0.15, 0.2) is 47.4 Å². The second kappa shape index (κ2) is 8.97. The lowest BCUT2D eigenvalue weighted by atomic mass is 10.2. The van der Waals surface area contributed by atoms with E-state index in [1.165, 1.54) is 18.1 Å². The maximum absolute atomic E-state index is 12.7. The van der Waals surface area contributed by atoms with Crippen molar-refractivity contribution < 1.29 is 24.2 Å². The minimum absolute atomic E-state index is 0.0559. The fraction of sp³-hybridized carbons (Fsp3) is 0.150. The first-order chi connectivity index (χ1) is 13.9. The SMILES string of the molecule is COc1ccc(/C=C2\SC(=S)N(CC(=O)Nc3ccccc3O)C2=O)cc1OC. The number of nitrogens with one attached hydrogen (secondary N) is 1. The van der Waals surface area contributed by atoms with Crippen LogP contribution in [0.4, 0.5) is 5.69 Å². The zero-order valence-electron chi connectivity index (χ0n) is 15.7. The third kappa shape index (κ3) is 4.69. The van der Waals surface area contributed by atoms with Crippen molar-refractivity contribution in [1.29, 1.82) is 0 Å². The fourth-order valence-electron chi connectivity index (χ4n) is 2.64. The van der Waals surface area contributed by atoms with Crippen molar-refractivity contribution in [3.8, 4) is 17.2 Å². The first-order valence-corrected chi connectivity index (χ1v) is 9.70. The highest BCUT2D eigenvalue weighted by atomic mass is 32.2. The fourth-order valence-corrected chi connectivity index (χ4v) is 3.90. The Kier molecular flexibility index (Phi) is 6.40. The van der Waals surface area contributed by atoms with Crippen molar-refractivity contribution in [2.75, 3.05) is 26.1 Å². The van der Waals surface area contributed by atoms with E-state index in [9.17, 15) is 14.7 Å². The summed E-state index contributed by atoms with van der Waals surface area (Å²) >= 11 is 6.38. The van der Waals surface area contributed by atoms with Gasteiger partial charge in [0.05, 0.1) is 24.8 Å². The molecule has 1 fully saturated rings. The van der Waals surface area contributed by atoms with Gasteiger partial charge in [-0.1, -0.05) is 42.2 Å². The minimum Gasteiger partial charge on any atom is -0.506 e. The summed E-state index contributed by atoms with van der Waals surface area (Å²) in [6.07, 6.45) is 1.68. The Labute approximate surface area is 177 Å². The van der Waals surface area contributed by atoms with Gasteiger partial charge in [0.1, 0.15) is 16.6 Å². The highest BCUT2D eigenvalue weighted by Crippen LogP contribution is 2.34. The molecule has 29 heavy (non-hydrogen) atoms. The van der Waals surface area contributed by atoms with Gasteiger partial charge < -0.3 is 19.9 Å². The number of amides is 2. The van der Waals surface area contributed by atoms with Gasteiger partial charge in [0.25, 0.3) is 5.91 Å². The predicted octanol–water partition coefficient (Wildman–Crippen LogP) is 3.25. The molecule has 0 unspecified atom stereocenters. The van der Waals surface area contributed by atoms with Crippen LogP contribution in [0.25, 0.3) is 6.08 Å². The highest BCUT2D eigenvalue weighted by Gasteiger charge is 2.33. The van der Waals surface area contributed by atoms with E-state index in [4.69, 9.17) is 21.7 Å². The van der Waals surface area contributed by atoms with Gasteiger partial charge in [0.2, 0.25) is 5.91 Å². The Morgan fingerprint density at radius 2 is 1.93 bits per heavy atom. The topological polar surface area (TPSA) is 88.1 Å². The van der Waals surface area contributed by atoms with Gasteiger partial charge in [-0.25, -0.2) is 0 Å². The molecular formula is C20H18N2O5S2. The number of aromatic hydroxyl groups is 1. The number of phenolic OH excluding ortho intramolecular Hbond substituents is 1. The van der Waals surface area contributed by atoms with E-state index in [0.717, 1.165) is 17.3 Å². The molecule has 0 aromatic heterocycles. The Morgan fingerprint density at radius 1 is 1.21 bits per heavy atom. The molecule has 0 aliphatic carbocycles. The lowest BCUT2D eigenvalue weighted by Crippen LogP contribution is -2.36. The number of phenols is 1. The molecule has 2 aromatic carbocycles. The first-order valence-electron chi connectivity index (χ1n) is 8.48. The van der Waals surface area contributed by atoms with Gasteiger partial charge >= 0.3 is 0 Å². The highest BCUT2D eigenvalue weighted by molar-refractivity contribution is 8.26. The van der Waals surface area contributed by atoms with Crippen LogP contribution in [0, 0.1) is 0 Å². The Bertz CT molecular complexity index is 1010. The summed E-state index contributed by atoms with van der Waals surface area (Å²) in [7, 11) is 3.08. The van der Waals surface area contributed by atoms with E-state index < -0.39 is 5.91 Å². The maximum Gasteiger partial charge on any atom is 0.266 e. The van der Waals surface area contributed by atoms with Crippen LogP contribution >= 0.6 is 24.0 Å².